The summed E-state index contributed by atoms with van der Waals surface area (Å²) in [5.74, 6) is 1.09. The number of anilines is 1. The van der Waals surface area contributed by atoms with Crippen LogP contribution in [0.2, 0.25) is 0 Å². The van der Waals surface area contributed by atoms with Crippen LogP contribution in [0.1, 0.15) is 40.9 Å². The predicted molar refractivity (Wildman–Crippen MR) is 145 cm³/mol. The number of piperazine rings is 1. The fourth-order valence-electron chi connectivity index (χ4n) is 5.61. The lowest BCUT2D eigenvalue weighted by atomic mass is 10.1. The van der Waals surface area contributed by atoms with E-state index in [1.807, 2.05) is 41.4 Å². The zero-order valence-electron chi connectivity index (χ0n) is 20.6. The molecule has 3 heterocycles. The van der Waals surface area contributed by atoms with Gasteiger partial charge in [-0.15, -0.1) is 0 Å². The van der Waals surface area contributed by atoms with Crippen molar-refractivity contribution in [3.8, 4) is 16.9 Å². The predicted octanol–water partition coefficient (Wildman–Crippen LogP) is 5.77. The third-order valence-electron chi connectivity index (χ3n) is 7.53. The number of hydrogen-bond donors (Lipinski definition) is 0. The minimum atomic E-state index is 0.108. The van der Waals surface area contributed by atoms with Crippen LogP contribution < -0.4 is 4.90 Å². The number of amides is 1. The molecule has 0 atom stereocenters. The molecule has 182 valence electrons. The Balaban J connectivity index is 1.24. The standard InChI is InChI=1S/C31H32N4O/c36-31(34-21-19-33(20-22-34)30-13-7-8-18-32-30)25-14-16-27(17-15-25)35-28-12-6-2-5-11-26(28)23-29(35)24-9-3-1-4-10-24/h1,3-4,7-10,13-18,23H,2,5-6,11-12,19-22H2. The maximum atomic E-state index is 13.3. The van der Waals surface area contributed by atoms with Crippen molar-refractivity contribution in [2.24, 2.45) is 0 Å². The first-order valence-corrected chi connectivity index (χ1v) is 13.1. The third-order valence-corrected chi connectivity index (χ3v) is 7.53. The third kappa shape index (κ3) is 4.41. The monoisotopic (exact) mass is 476 g/mol. The molecule has 1 amide bonds. The number of carbonyl (C=O) groups excluding carboxylic acids is 1. The Morgan fingerprint density at radius 2 is 1.50 bits per heavy atom. The summed E-state index contributed by atoms with van der Waals surface area (Å²) in [6, 6.07) is 27.2. The van der Waals surface area contributed by atoms with Crippen LogP contribution in [0.4, 0.5) is 5.82 Å². The van der Waals surface area contributed by atoms with Gasteiger partial charge in [-0.3, -0.25) is 4.79 Å². The Bertz CT molecular complexity index is 1320. The molecule has 0 radical (unpaired) electrons. The van der Waals surface area contributed by atoms with Crippen molar-refractivity contribution in [1.82, 2.24) is 14.5 Å². The summed E-state index contributed by atoms with van der Waals surface area (Å²) < 4.78 is 2.43. The molecule has 0 spiro atoms. The average Bonchev–Trinajstić information content (AvgIpc) is 3.16. The maximum absolute atomic E-state index is 13.3. The highest BCUT2D eigenvalue weighted by atomic mass is 16.2. The van der Waals surface area contributed by atoms with Crippen LogP contribution in [-0.2, 0) is 12.8 Å². The van der Waals surface area contributed by atoms with Gasteiger partial charge in [0.25, 0.3) is 5.91 Å². The zero-order valence-corrected chi connectivity index (χ0v) is 20.6. The Kier molecular flexibility index (Phi) is 6.29. The number of aryl methyl sites for hydroxylation is 1. The van der Waals surface area contributed by atoms with E-state index < -0.39 is 0 Å². The topological polar surface area (TPSA) is 41.4 Å². The Morgan fingerprint density at radius 3 is 2.25 bits per heavy atom. The van der Waals surface area contributed by atoms with Gasteiger partial charge in [0.05, 0.1) is 5.69 Å². The second kappa shape index (κ2) is 10.0. The van der Waals surface area contributed by atoms with Gasteiger partial charge < -0.3 is 14.4 Å². The van der Waals surface area contributed by atoms with Crippen LogP contribution >= 0.6 is 0 Å². The molecule has 0 unspecified atom stereocenters. The first-order valence-electron chi connectivity index (χ1n) is 13.1. The molecule has 0 bridgehead atoms. The highest BCUT2D eigenvalue weighted by Crippen LogP contribution is 2.33. The number of benzene rings is 2. The quantitative estimate of drug-likeness (QED) is 0.351. The molecule has 5 nitrogen and oxygen atoms in total. The lowest BCUT2D eigenvalue weighted by Gasteiger charge is -2.35. The van der Waals surface area contributed by atoms with Crippen LogP contribution in [0, 0.1) is 0 Å². The fraction of sp³-hybridized carbons (Fsp3) is 0.290. The molecular weight excluding hydrogens is 444 g/mol. The molecule has 0 N–H and O–H groups in total. The average molecular weight is 477 g/mol. The van der Waals surface area contributed by atoms with Gasteiger partial charge in [0.2, 0.25) is 0 Å². The highest BCUT2D eigenvalue weighted by Gasteiger charge is 2.24. The van der Waals surface area contributed by atoms with Crippen molar-refractivity contribution in [3.63, 3.8) is 0 Å². The minimum absolute atomic E-state index is 0.108. The maximum Gasteiger partial charge on any atom is 0.253 e. The van der Waals surface area contributed by atoms with Gasteiger partial charge in [-0.2, -0.15) is 0 Å². The van der Waals surface area contributed by atoms with Gasteiger partial charge in [0, 0.05) is 49.3 Å². The van der Waals surface area contributed by atoms with E-state index in [1.54, 1.807) is 0 Å². The zero-order chi connectivity index (χ0) is 24.3. The lowest BCUT2D eigenvalue weighted by molar-refractivity contribution is 0.0746. The molecule has 1 aliphatic heterocycles. The molecule has 1 aliphatic carbocycles. The molecule has 6 rings (SSSR count). The van der Waals surface area contributed by atoms with Crippen LogP contribution in [0.15, 0.2) is 85.1 Å². The van der Waals surface area contributed by atoms with Crippen LogP contribution in [0.5, 0.6) is 0 Å². The van der Waals surface area contributed by atoms with Crippen LogP contribution in [0.3, 0.4) is 0 Å². The molecule has 1 saturated heterocycles. The Labute approximate surface area is 213 Å². The molecular formula is C31H32N4O. The molecule has 2 aromatic heterocycles. The van der Waals surface area contributed by atoms with E-state index in [-0.39, 0.29) is 5.91 Å². The summed E-state index contributed by atoms with van der Waals surface area (Å²) in [4.78, 5) is 22.0. The second-order valence-electron chi connectivity index (χ2n) is 9.78. The summed E-state index contributed by atoms with van der Waals surface area (Å²) in [5.41, 5.74) is 7.26. The van der Waals surface area contributed by atoms with Gasteiger partial charge in [0.15, 0.2) is 0 Å². The largest absolute Gasteiger partial charge is 0.353 e. The fourth-order valence-corrected chi connectivity index (χ4v) is 5.61. The van der Waals surface area contributed by atoms with Crippen molar-refractivity contribution in [3.05, 3.63) is 102 Å². The SMILES string of the molecule is O=C(c1ccc(-n2c(-c3ccccc3)cc3c2CCCCC3)cc1)N1CCN(c2ccccn2)CC1. The van der Waals surface area contributed by atoms with Crippen LogP contribution in [0.25, 0.3) is 16.9 Å². The summed E-state index contributed by atoms with van der Waals surface area (Å²) in [7, 11) is 0. The summed E-state index contributed by atoms with van der Waals surface area (Å²) in [6.07, 6.45) is 7.84. The highest BCUT2D eigenvalue weighted by molar-refractivity contribution is 5.94. The van der Waals surface area contributed by atoms with Gasteiger partial charge >= 0.3 is 0 Å². The Hall–Kier alpha value is -3.86. The van der Waals surface area contributed by atoms with E-state index >= 15 is 0 Å². The van der Waals surface area contributed by atoms with Gasteiger partial charge in [0.1, 0.15) is 5.82 Å². The van der Waals surface area contributed by atoms with Crippen molar-refractivity contribution in [1.29, 1.82) is 0 Å². The number of hydrogen-bond acceptors (Lipinski definition) is 3. The normalized spacial score (nSPS) is 15.9. The number of rotatable bonds is 4. The molecule has 0 saturated carbocycles. The van der Waals surface area contributed by atoms with Gasteiger partial charge in [-0.05, 0) is 79.3 Å². The molecule has 2 aromatic carbocycles. The summed E-state index contributed by atoms with van der Waals surface area (Å²) in [5, 5.41) is 0. The van der Waals surface area contributed by atoms with Crippen molar-refractivity contribution in [2.45, 2.75) is 32.1 Å². The molecule has 36 heavy (non-hydrogen) atoms. The number of carbonyl (C=O) groups is 1. The van der Waals surface area contributed by atoms with Gasteiger partial charge in [-0.1, -0.05) is 42.8 Å². The van der Waals surface area contributed by atoms with E-state index in [1.165, 1.54) is 41.8 Å². The molecule has 5 heteroatoms. The summed E-state index contributed by atoms with van der Waals surface area (Å²) >= 11 is 0. The number of pyridine rings is 1. The van der Waals surface area contributed by atoms with Crippen molar-refractivity contribution < 1.29 is 4.79 Å². The van der Waals surface area contributed by atoms with E-state index in [4.69, 9.17) is 0 Å². The second-order valence-corrected chi connectivity index (χ2v) is 9.78. The smallest absolute Gasteiger partial charge is 0.253 e. The molecule has 1 fully saturated rings. The van der Waals surface area contributed by atoms with Crippen molar-refractivity contribution >= 4 is 11.7 Å². The van der Waals surface area contributed by atoms with E-state index in [0.717, 1.165) is 43.0 Å². The molecule has 2 aliphatic rings. The minimum Gasteiger partial charge on any atom is -0.353 e. The lowest BCUT2D eigenvalue weighted by Crippen LogP contribution is -2.49. The van der Waals surface area contributed by atoms with Gasteiger partial charge in [-0.25, -0.2) is 4.98 Å². The first-order chi connectivity index (χ1) is 17.8. The van der Waals surface area contributed by atoms with Crippen LogP contribution in [-0.4, -0.2) is 46.5 Å². The number of aromatic nitrogens is 2. The van der Waals surface area contributed by atoms with E-state index in [0.29, 0.717) is 13.1 Å². The number of nitrogens with zero attached hydrogens (tertiary/aromatic N) is 4. The molecule has 4 aromatic rings. The van der Waals surface area contributed by atoms with E-state index in [2.05, 4.69) is 63.0 Å². The number of fused-ring (bicyclic) bond motifs is 1. The Morgan fingerprint density at radius 1 is 0.750 bits per heavy atom. The van der Waals surface area contributed by atoms with Crippen molar-refractivity contribution in [2.75, 3.05) is 31.1 Å². The van der Waals surface area contributed by atoms with E-state index in [9.17, 15) is 4.79 Å². The summed E-state index contributed by atoms with van der Waals surface area (Å²) in [6.45, 7) is 3.02. The first kappa shape index (κ1) is 22.6.